The smallest absolute Gasteiger partial charge is 0.126 e. The van der Waals surface area contributed by atoms with E-state index in [1.807, 2.05) is 0 Å². The van der Waals surface area contributed by atoms with Crippen molar-refractivity contribution in [1.29, 1.82) is 0 Å². The van der Waals surface area contributed by atoms with Crippen LogP contribution >= 0.6 is 0 Å². The second-order valence-corrected chi connectivity index (χ2v) is 5.04. The van der Waals surface area contributed by atoms with Crippen molar-refractivity contribution >= 4 is 0 Å². The van der Waals surface area contributed by atoms with Crippen molar-refractivity contribution in [2.45, 2.75) is 32.1 Å². The lowest BCUT2D eigenvalue weighted by molar-refractivity contribution is 0.230. The van der Waals surface area contributed by atoms with Crippen LogP contribution in [0.3, 0.4) is 0 Å². The monoisotopic (exact) mass is 263 g/mol. The lowest BCUT2D eigenvalue weighted by Gasteiger charge is -2.22. The molecule has 2 unspecified atom stereocenters. The molecule has 2 heterocycles. The van der Waals surface area contributed by atoms with Gasteiger partial charge < -0.3 is 10.3 Å². The molecule has 3 rings (SSSR count). The van der Waals surface area contributed by atoms with Gasteiger partial charge in [-0.3, -0.25) is 0 Å². The van der Waals surface area contributed by atoms with Crippen LogP contribution in [-0.2, 0) is 6.54 Å². The Kier molecular flexibility index (Phi) is 2.86. The van der Waals surface area contributed by atoms with E-state index in [0.29, 0.717) is 23.5 Å². The van der Waals surface area contributed by atoms with Crippen LogP contribution in [0.15, 0.2) is 24.4 Å². The van der Waals surface area contributed by atoms with E-state index in [1.165, 1.54) is 6.07 Å². The Morgan fingerprint density at radius 1 is 1.42 bits per heavy atom. The van der Waals surface area contributed by atoms with Gasteiger partial charge in [-0.25, -0.2) is 13.8 Å². The fourth-order valence-electron chi connectivity index (χ4n) is 2.48. The molecule has 1 aliphatic heterocycles. The molecule has 0 bridgehead atoms. The summed E-state index contributed by atoms with van der Waals surface area (Å²) < 4.78 is 28.5. The highest BCUT2D eigenvalue weighted by molar-refractivity contribution is 5.60. The zero-order chi connectivity index (χ0) is 13.6. The Bertz CT molecular complexity index is 621. The van der Waals surface area contributed by atoms with Crippen molar-refractivity contribution in [1.82, 2.24) is 9.55 Å². The number of fused-ring (bicyclic) bond motifs is 1. The summed E-state index contributed by atoms with van der Waals surface area (Å²) in [7, 11) is 0. The molecule has 100 valence electrons. The summed E-state index contributed by atoms with van der Waals surface area (Å²) in [6, 6.07) is 4.46. The number of hydrogen-bond acceptors (Lipinski definition) is 2. The normalized spacial score (nSPS) is 22.3. The van der Waals surface area contributed by atoms with Gasteiger partial charge in [0.25, 0.3) is 0 Å². The number of nitrogens with zero attached hydrogens (tertiary/aromatic N) is 2. The van der Waals surface area contributed by atoms with Gasteiger partial charge in [0.05, 0.1) is 18.3 Å². The van der Waals surface area contributed by atoms with Crippen LogP contribution in [-0.4, -0.2) is 15.7 Å². The highest BCUT2D eigenvalue weighted by atomic mass is 19.1. The number of benzene rings is 1. The second-order valence-electron chi connectivity index (χ2n) is 5.04. The highest BCUT2D eigenvalue weighted by Crippen LogP contribution is 2.28. The minimum atomic E-state index is -0.931. The highest BCUT2D eigenvalue weighted by Gasteiger charge is 2.26. The van der Waals surface area contributed by atoms with Gasteiger partial charge >= 0.3 is 0 Å². The summed E-state index contributed by atoms with van der Waals surface area (Å²) in [6.45, 7) is 1.99. The fourth-order valence-corrected chi connectivity index (χ4v) is 2.48. The van der Waals surface area contributed by atoms with Crippen LogP contribution in [0.25, 0.3) is 11.3 Å². The van der Waals surface area contributed by atoms with Crippen LogP contribution in [0.5, 0.6) is 0 Å². The van der Waals surface area contributed by atoms with E-state index in [2.05, 4.69) is 4.98 Å². The standard InChI is InChI=1S/C14H15F2N3/c1-8-4-9(2-3-11(8)16)13-7-19-6-10(15)5-12(17)14(19)18-13/h2-4,7,10,12H,5-6,17H2,1H3. The van der Waals surface area contributed by atoms with Crippen molar-refractivity contribution in [3.63, 3.8) is 0 Å². The molecule has 2 atom stereocenters. The summed E-state index contributed by atoms with van der Waals surface area (Å²) in [6.07, 6.45) is 1.16. The Labute approximate surface area is 110 Å². The van der Waals surface area contributed by atoms with Gasteiger partial charge in [0.2, 0.25) is 0 Å². The summed E-state index contributed by atoms with van der Waals surface area (Å²) in [5.74, 6) is 0.458. The largest absolute Gasteiger partial charge is 0.330 e. The third-order valence-corrected chi connectivity index (χ3v) is 3.50. The zero-order valence-corrected chi connectivity index (χ0v) is 10.6. The molecule has 0 amide bonds. The SMILES string of the molecule is Cc1cc(-c2cn3c(n2)C(N)CC(F)C3)ccc1F. The predicted octanol–water partition coefficient (Wildman–Crippen LogP) is 2.74. The predicted molar refractivity (Wildman–Crippen MR) is 68.8 cm³/mol. The number of aromatic nitrogens is 2. The maximum absolute atomic E-state index is 13.5. The van der Waals surface area contributed by atoms with Crippen LogP contribution in [0, 0.1) is 12.7 Å². The Balaban J connectivity index is 2.03. The molecule has 1 aromatic carbocycles. The van der Waals surface area contributed by atoms with E-state index >= 15 is 0 Å². The molecule has 19 heavy (non-hydrogen) atoms. The third-order valence-electron chi connectivity index (χ3n) is 3.50. The van der Waals surface area contributed by atoms with Gasteiger partial charge in [-0.1, -0.05) is 0 Å². The van der Waals surface area contributed by atoms with Gasteiger partial charge in [0, 0.05) is 18.2 Å². The van der Waals surface area contributed by atoms with Gasteiger partial charge in [-0.05, 0) is 30.7 Å². The molecule has 0 saturated heterocycles. The van der Waals surface area contributed by atoms with E-state index in [-0.39, 0.29) is 18.4 Å². The molecule has 0 aliphatic carbocycles. The van der Waals surface area contributed by atoms with Crippen LogP contribution < -0.4 is 5.73 Å². The maximum Gasteiger partial charge on any atom is 0.126 e. The quantitative estimate of drug-likeness (QED) is 0.859. The maximum atomic E-state index is 13.5. The average Bonchev–Trinajstić information content (AvgIpc) is 2.76. The number of nitrogens with two attached hydrogens (primary N) is 1. The lowest BCUT2D eigenvalue weighted by Crippen LogP contribution is -2.29. The number of alkyl halides is 1. The van der Waals surface area contributed by atoms with Crippen LogP contribution in [0.2, 0.25) is 0 Å². The van der Waals surface area contributed by atoms with Gasteiger partial charge in [-0.2, -0.15) is 0 Å². The van der Waals surface area contributed by atoms with E-state index in [0.717, 1.165) is 5.56 Å². The molecular weight excluding hydrogens is 248 g/mol. The third kappa shape index (κ3) is 2.14. The minimum Gasteiger partial charge on any atom is -0.330 e. The van der Waals surface area contributed by atoms with Gasteiger partial charge in [-0.15, -0.1) is 0 Å². The van der Waals surface area contributed by atoms with Crippen LogP contribution in [0.4, 0.5) is 8.78 Å². The lowest BCUT2D eigenvalue weighted by atomic mass is 10.1. The first-order valence-corrected chi connectivity index (χ1v) is 6.28. The molecule has 0 radical (unpaired) electrons. The number of halogens is 2. The summed E-state index contributed by atoms with van der Waals surface area (Å²) in [5, 5.41) is 0. The van der Waals surface area contributed by atoms with E-state index in [9.17, 15) is 8.78 Å². The van der Waals surface area contributed by atoms with Crippen molar-refractivity contribution < 1.29 is 8.78 Å². The molecule has 1 aliphatic rings. The van der Waals surface area contributed by atoms with Crippen LogP contribution in [0.1, 0.15) is 23.9 Å². The average molecular weight is 263 g/mol. The number of aryl methyl sites for hydroxylation is 1. The Morgan fingerprint density at radius 2 is 2.21 bits per heavy atom. The first-order valence-electron chi connectivity index (χ1n) is 6.28. The number of imidazole rings is 1. The summed E-state index contributed by atoms with van der Waals surface area (Å²) in [4.78, 5) is 4.46. The molecule has 2 N–H and O–H groups in total. The molecule has 0 spiro atoms. The van der Waals surface area contributed by atoms with E-state index in [4.69, 9.17) is 5.73 Å². The van der Waals surface area contributed by atoms with Crippen molar-refractivity contribution in [2.24, 2.45) is 5.73 Å². The molecule has 5 heteroatoms. The molecule has 0 fully saturated rings. The zero-order valence-electron chi connectivity index (χ0n) is 10.6. The first-order chi connectivity index (χ1) is 9.04. The minimum absolute atomic E-state index is 0.242. The fraction of sp³-hybridized carbons (Fsp3) is 0.357. The summed E-state index contributed by atoms with van der Waals surface area (Å²) in [5.41, 5.74) is 8.00. The Morgan fingerprint density at radius 3 is 2.95 bits per heavy atom. The summed E-state index contributed by atoms with van der Waals surface area (Å²) >= 11 is 0. The molecule has 2 aromatic rings. The molecule has 0 saturated carbocycles. The topological polar surface area (TPSA) is 43.8 Å². The van der Waals surface area contributed by atoms with Gasteiger partial charge in [0.1, 0.15) is 17.8 Å². The van der Waals surface area contributed by atoms with E-state index < -0.39 is 6.17 Å². The molecular formula is C14H15F2N3. The van der Waals surface area contributed by atoms with E-state index in [1.54, 1.807) is 29.8 Å². The van der Waals surface area contributed by atoms with Crippen molar-refractivity contribution in [3.05, 3.63) is 41.6 Å². The second kappa shape index (κ2) is 4.42. The molecule has 1 aromatic heterocycles. The first kappa shape index (κ1) is 12.3. The van der Waals surface area contributed by atoms with Gasteiger partial charge in [0.15, 0.2) is 0 Å². The molecule has 3 nitrogen and oxygen atoms in total. The van der Waals surface area contributed by atoms with Crippen molar-refractivity contribution in [2.75, 3.05) is 0 Å². The Hall–Kier alpha value is -1.75. The number of rotatable bonds is 1. The number of hydrogen-bond donors (Lipinski definition) is 1. The van der Waals surface area contributed by atoms with Crippen molar-refractivity contribution in [3.8, 4) is 11.3 Å².